The summed E-state index contributed by atoms with van der Waals surface area (Å²) in [4.78, 5) is 10.8. The van der Waals surface area contributed by atoms with Crippen LogP contribution in [0.4, 0.5) is 5.95 Å². The van der Waals surface area contributed by atoms with Crippen LogP contribution in [0.15, 0.2) is 6.07 Å². The molecule has 17 heavy (non-hydrogen) atoms. The Bertz CT molecular complexity index is 357. The molecule has 1 aromatic rings. The molecular formula is C12H19ClN4. The molecule has 0 saturated carbocycles. The van der Waals surface area contributed by atoms with Gasteiger partial charge in [0.15, 0.2) is 0 Å². The van der Waals surface area contributed by atoms with Gasteiger partial charge in [0.25, 0.3) is 0 Å². The Morgan fingerprint density at radius 2 is 2.12 bits per heavy atom. The molecule has 0 aromatic carbocycles. The van der Waals surface area contributed by atoms with E-state index in [9.17, 15) is 0 Å². The molecule has 0 aliphatic carbocycles. The van der Waals surface area contributed by atoms with Gasteiger partial charge in [-0.1, -0.05) is 11.6 Å². The van der Waals surface area contributed by atoms with Crippen LogP contribution >= 0.6 is 11.6 Å². The zero-order valence-electron chi connectivity index (χ0n) is 10.4. The molecule has 1 aromatic heterocycles. The number of aryl methyl sites for hydroxylation is 1. The summed E-state index contributed by atoms with van der Waals surface area (Å²) in [6, 6.07) is 1.78. The Kier molecular flexibility index (Phi) is 4.18. The van der Waals surface area contributed by atoms with Crippen molar-refractivity contribution in [1.82, 2.24) is 15.3 Å². The molecule has 0 radical (unpaired) electrons. The first kappa shape index (κ1) is 12.6. The molecule has 0 amide bonds. The van der Waals surface area contributed by atoms with E-state index in [1.807, 2.05) is 14.0 Å². The van der Waals surface area contributed by atoms with Crippen molar-refractivity contribution in [2.75, 3.05) is 31.6 Å². The van der Waals surface area contributed by atoms with Crippen molar-refractivity contribution < 1.29 is 0 Å². The van der Waals surface area contributed by atoms with Crippen LogP contribution in [-0.2, 0) is 0 Å². The summed E-state index contributed by atoms with van der Waals surface area (Å²) in [5.74, 6) is 1.46. The lowest BCUT2D eigenvalue weighted by molar-refractivity contribution is 0.376. The van der Waals surface area contributed by atoms with Crippen molar-refractivity contribution in [3.05, 3.63) is 16.9 Å². The highest BCUT2D eigenvalue weighted by atomic mass is 35.5. The van der Waals surface area contributed by atoms with Gasteiger partial charge in [-0.3, -0.25) is 0 Å². The fourth-order valence-electron chi connectivity index (χ4n) is 2.22. The largest absolute Gasteiger partial charge is 0.344 e. The van der Waals surface area contributed by atoms with Gasteiger partial charge in [-0.2, -0.15) is 0 Å². The maximum atomic E-state index is 5.95. The summed E-state index contributed by atoms with van der Waals surface area (Å²) < 4.78 is 0. The number of aromatic nitrogens is 2. The van der Waals surface area contributed by atoms with E-state index in [1.54, 1.807) is 6.07 Å². The Labute approximate surface area is 107 Å². The summed E-state index contributed by atoms with van der Waals surface area (Å²) in [7, 11) is 2.03. The fraction of sp³-hybridized carbons (Fsp3) is 0.667. The molecule has 0 unspecified atom stereocenters. The molecule has 1 fully saturated rings. The average molecular weight is 255 g/mol. The third kappa shape index (κ3) is 3.54. The van der Waals surface area contributed by atoms with Gasteiger partial charge in [0.2, 0.25) is 5.95 Å². The quantitative estimate of drug-likeness (QED) is 0.837. The lowest BCUT2D eigenvalue weighted by Gasteiger charge is -2.27. The van der Waals surface area contributed by atoms with Gasteiger partial charge >= 0.3 is 0 Å². The minimum absolute atomic E-state index is 0.518. The first-order valence-corrected chi connectivity index (χ1v) is 6.46. The van der Waals surface area contributed by atoms with E-state index in [4.69, 9.17) is 11.6 Å². The number of hydrogen-bond acceptors (Lipinski definition) is 4. The number of hydrogen-bond donors (Lipinski definition) is 1. The van der Waals surface area contributed by atoms with Crippen LogP contribution in [-0.4, -0.2) is 36.6 Å². The molecule has 0 atom stereocenters. The molecule has 2 heterocycles. The normalized spacial score (nSPS) is 17.1. The van der Waals surface area contributed by atoms with Crippen molar-refractivity contribution in [3.8, 4) is 0 Å². The van der Waals surface area contributed by atoms with Gasteiger partial charge in [-0.15, -0.1) is 0 Å². The topological polar surface area (TPSA) is 41.1 Å². The Morgan fingerprint density at radius 1 is 1.41 bits per heavy atom. The van der Waals surface area contributed by atoms with Gasteiger partial charge in [-0.05, 0) is 44.8 Å². The van der Waals surface area contributed by atoms with Crippen LogP contribution in [0.3, 0.4) is 0 Å². The van der Waals surface area contributed by atoms with Crippen LogP contribution in [0.25, 0.3) is 0 Å². The van der Waals surface area contributed by atoms with Gasteiger partial charge in [0, 0.05) is 19.3 Å². The third-order valence-electron chi connectivity index (χ3n) is 3.14. The van der Waals surface area contributed by atoms with Crippen LogP contribution in [0, 0.1) is 12.8 Å². The molecule has 4 nitrogen and oxygen atoms in total. The van der Waals surface area contributed by atoms with E-state index < -0.39 is 0 Å². The first-order chi connectivity index (χ1) is 8.15. The smallest absolute Gasteiger partial charge is 0.226 e. The second-order valence-electron chi connectivity index (χ2n) is 4.71. The zero-order valence-corrected chi connectivity index (χ0v) is 11.2. The third-order valence-corrected chi connectivity index (χ3v) is 3.34. The van der Waals surface area contributed by atoms with E-state index in [-0.39, 0.29) is 0 Å². The lowest BCUT2D eigenvalue weighted by Crippen LogP contribution is -2.35. The number of nitrogens with one attached hydrogen (secondary N) is 1. The maximum absolute atomic E-state index is 5.95. The predicted octanol–water partition coefficient (Wildman–Crippen LogP) is 1.87. The molecule has 0 spiro atoms. The highest BCUT2D eigenvalue weighted by Crippen LogP contribution is 2.17. The molecule has 1 aliphatic heterocycles. The predicted molar refractivity (Wildman–Crippen MR) is 70.6 cm³/mol. The number of rotatable bonds is 3. The number of piperidine rings is 1. The lowest BCUT2D eigenvalue weighted by atomic mass is 9.98. The highest BCUT2D eigenvalue weighted by molar-refractivity contribution is 6.29. The van der Waals surface area contributed by atoms with Crippen molar-refractivity contribution in [3.63, 3.8) is 0 Å². The monoisotopic (exact) mass is 254 g/mol. The standard InChI is InChI=1S/C12H19ClN4/c1-9-7-11(13)16-12(15-9)17(2)8-10-3-5-14-6-4-10/h7,10,14H,3-6,8H2,1-2H3. The molecule has 1 saturated heterocycles. The molecular weight excluding hydrogens is 236 g/mol. The zero-order chi connectivity index (χ0) is 12.3. The van der Waals surface area contributed by atoms with Crippen molar-refractivity contribution in [2.24, 2.45) is 5.92 Å². The second kappa shape index (κ2) is 5.65. The van der Waals surface area contributed by atoms with Crippen molar-refractivity contribution in [1.29, 1.82) is 0 Å². The molecule has 0 bridgehead atoms. The molecule has 5 heteroatoms. The van der Waals surface area contributed by atoms with E-state index in [0.717, 1.165) is 37.2 Å². The number of halogens is 1. The minimum Gasteiger partial charge on any atom is -0.344 e. The van der Waals surface area contributed by atoms with Gasteiger partial charge in [0.1, 0.15) is 5.15 Å². The summed E-state index contributed by atoms with van der Waals surface area (Å²) in [6.07, 6.45) is 2.45. The van der Waals surface area contributed by atoms with Crippen LogP contribution in [0.1, 0.15) is 18.5 Å². The van der Waals surface area contributed by atoms with Gasteiger partial charge < -0.3 is 10.2 Å². The van der Waals surface area contributed by atoms with E-state index >= 15 is 0 Å². The van der Waals surface area contributed by atoms with Crippen LogP contribution in [0.2, 0.25) is 5.15 Å². The molecule has 1 N–H and O–H groups in total. The Morgan fingerprint density at radius 3 is 2.76 bits per heavy atom. The van der Waals surface area contributed by atoms with Gasteiger partial charge in [-0.25, -0.2) is 9.97 Å². The summed E-state index contributed by atoms with van der Waals surface area (Å²) in [6.45, 7) is 5.18. The van der Waals surface area contributed by atoms with Crippen LogP contribution < -0.4 is 10.2 Å². The van der Waals surface area contributed by atoms with E-state index in [0.29, 0.717) is 5.15 Å². The number of anilines is 1. The molecule has 94 valence electrons. The first-order valence-electron chi connectivity index (χ1n) is 6.08. The van der Waals surface area contributed by atoms with E-state index in [1.165, 1.54) is 12.8 Å². The molecule has 1 aliphatic rings. The fourth-order valence-corrected chi connectivity index (χ4v) is 2.45. The summed E-state index contributed by atoms with van der Waals surface area (Å²) >= 11 is 5.95. The SMILES string of the molecule is Cc1cc(Cl)nc(N(C)CC2CCNCC2)n1. The number of nitrogens with zero attached hydrogens (tertiary/aromatic N) is 3. The molecule has 2 rings (SSSR count). The Balaban J connectivity index is 2.00. The van der Waals surface area contributed by atoms with Crippen molar-refractivity contribution >= 4 is 17.5 Å². The van der Waals surface area contributed by atoms with Crippen LogP contribution in [0.5, 0.6) is 0 Å². The highest BCUT2D eigenvalue weighted by Gasteiger charge is 2.16. The average Bonchev–Trinajstić information content (AvgIpc) is 2.29. The van der Waals surface area contributed by atoms with E-state index in [2.05, 4.69) is 20.2 Å². The maximum Gasteiger partial charge on any atom is 0.226 e. The minimum atomic E-state index is 0.518. The summed E-state index contributed by atoms with van der Waals surface area (Å²) in [5.41, 5.74) is 0.914. The second-order valence-corrected chi connectivity index (χ2v) is 5.09. The van der Waals surface area contributed by atoms with Crippen molar-refractivity contribution in [2.45, 2.75) is 19.8 Å². The summed E-state index contributed by atoms with van der Waals surface area (Å²) in [5, 5.41) is 3.89. The van der Waals surface area contributed by atoms with Gasteiger partial charge in [0.05, 0.1) is 0 Å². The Hall–Kier alpha value is -0.870.